The van der Waals surface area contributed by atoms with Crippen LogP contribution < -0.4 is 5.32 Å². The molecule has 0 bridgehead atoms. The Kier molecular flexibility index (Phi) is 4.39. The molecule has 0 aliphatic heterocycles. The first-order valence-electron chi connectivity index (χ1n) is 6.99. The van der Waals surface area contributed by atoms with Crippen LogP contribution in [-0.4, -0.2) is 37.4 Å². The van der Waals surface area contributed by atoms with Crippen LogP contribution in [0.4, 0.5) is 5.69 Å². The third kappa shape index (κ3) is 4.09. The molecule has 122 valence electrons. The van der Waals surface area contributed by atoms with Crippen LogP contribution in [0.2, 0.25) is 0 Å². The Bertz CT molecular complexity index is 747. The van der Waals surface area contributed by atoms with Gasteiger partial charge in [0.1, 0.15) is 6.20 Å². The zero-order chi connectivity index (χ0) is 17.2. The average Bonchev–Trinajstić information content (AvgIpc) is 2.93. The number of aromatic nitrogens is 4. The molecule has 0 fully saturated rings. The van der Waals surface area contributed by atoms with Gasteiger partial charge in [-0.2, -0.15) is 0 Å². The molecule has 23 heavy (non-hydrogen) atoms. The topological polar surface area (TPSA) is 116 Å². The van der Waals surface area contributed by atoms with E-state index in [9.17, 15) is 14.9 Å². The van der Waals surface area contributed by atoms with Gasteiger partial charge in [-0.25, -0.2) is 4.68 Å². The first-order valence-corrected chi connectivity index (χ1v) is 6.99. The number of carbonyl (C=O) groups is 1. The minimum atomic E-state index is -0.538. The summed E-state index contributed by atoms with van der Waals surface area (Å²) < 4.78 is 1.31. The largest absolute Gasteiger partial charge is 0.350 e. The van der Waals surface area contributed by atoms with E-state index in [2.05, 4.69) is 20.6 Å². The Labute approximate surface area is 132 Å². The van der Waals surface area contributed by atoms with Gasteiger partial charge < -0.3 is 5.32 Å². The van der Waals surface area contributed by atoms with Gasteiger partial charge in [-0.05, 0) is 12.3 Å². The summed E-state index contributed by atoms with van der Waals surface area (Å²) in [4.78, 5) is 26.3. The van der Waals surface area contributed by atoms with E-state index in [4.69, 9.17) is 0 Å². The molecule has 0 saturated carbocycles. The number of rotatable bonds is 4. The van der Waals surface area contributed by atoms with Gasteiger partial charge in [-0.1, -0.05) is 26.0 Å². The van der Waals surface area contributed by atoms with Gasteiger partial charge in [0, 0.05) is 12.6 Å². The van der Waals surface area contributed by atoms with Crippen LogP contribution in [0.5, 0.6) is 0 Å². The third-order valence-corrected chi connectivity index (χ3v) is 3.01. The fourth-order valence-electron chi connectivity index (χ4n) is 1.76. The fraction of sp³-hybridized carbons (Fsp3) is 0.429. The summed E-state index contributed by atoms with van der Waals surface area (Å²) in [6, 6.07) is 1.34. The summed E-state index contributed by atoms with van der Waals surface area (Å²) >= 11 is 0. The molecule has 0 saturated heterocycles. The Hall–Kier alpha value is -2.84. The molecule has 9 nitrogen and oxygen atoms in total. The van der Waals surface area contributed by atoms with Crippen molar-refractivity contribution < 1.29 is 9.72 Å². The zero-order valence-electron chi connectivity index (χ0n) is 13.4. The molecule has 0 unspecified atom stereocenters. The third-order valence-electron chi connectivity index (χ3n) is 3.01. The van der Waals surface area contributed by atoms with Crippen molar-refractivity contribution in [1.29, 1.82) is 0 Å². The quantitative estimate of drug-likeness (QED) is 0.677. The predicted octanol–water partition coefficient (Wildman–Crippen LogP) is 1.65. The van der Waals surface area contributed by atoms with Gasteiger partial charge in [-0.3, -0.25) is 19.9 Å². The number of carbonyl (C=O) groups excluding carboxylic acids is 1. The molecular weight excluding hydrogens is 300 g/mol. The van der Waals surface area contributed by atoms with Crippen molar-refractivity contribution in [3.63, 3.8) is 0 Å². The Morgan fingerprint density at radius 1 is 1.43 bits per heavy atom. The van der Waals surface area contributed by atoms with Crippen molar-refractivity contribution in [1.82, 2.24) is 25.3 Å². The fourth-order valence-corrected chi connectivity index (χ4v) is 1.76. The normalized spacial score (nSPS) is 11.3. The zero-order valence-corrected chi connectivity index (χ0v) is 13.4. The molecule has 1 N–H and O–H groups in total. The molecule has 0 aliphatic rings. The van der Waals surface area contributed by atoms with Crippen molar-refractivity contribution >= 4 is 11.6 Å². The van der Waals surface area contributed by atoms with Gasteiger partial charge in [0.2, 0.25) is 0 Å². The number of amides is 1. The lowest BCUT2D eigenvalue weighted by atomic mass is 9.97. The number of aryl methyl sites for hydroxylation is 1. The van der Waals surface area contributed by atoms with E-state index in [0.29, 0.717) is 17.9 Å². The highest BCUT2D eigenvalue weighted by atomic mass is 16.6. The van der Waals surface area contributed by atoms with Crippen LogP contribution in [0.15, 0.2) is 18.5 Å². The van der Waals surface area contributed by atoms with E-state index in [-0.39, 0.29) is 22.7 Å². The maximum absolute atomic E-state index is 12.0. The minimum Gasteiger partial charge on any atom is -0.350 e. The van der Waals surface area contributed by atoms with Crippen LogP contribution in [0.3, 0.4) is 0 Å². The summed E-state index contributed by atoms with van der Waals surface area (Å²) in [7, 11) is 0. The average molecular weight is 318 g/mol. The van der Waals surface area contributed by atoms with E-state index < -0.39 is 4.92 Å². The number of pyridine rings is 1. The maximum atomic E-state index is 12.0. The number of hydrogen-bond donors (Lipinski definition) is 1. The Morgan fingerprint density at radius 3 is 2.74 bits per heavy atom. The molecule has 0 atom stereocenters. The second-order valence-electron chi connectivity index (χ2n) is 6.35. The summed E-state index contributed by atoms with van der Waals surface area (Å²) in [5, 5.41) is 21.3. The molecule has 0 radical (unpaired) electrons. The second-order valence-corrected chi connectivity index (χ2v) is 6.35. The lowest BCUT2D eigenvalue weighted by Gasteiger charge is -2.17. The predicted molar refractivity (Wildman–Crippen MR) is 82.3 cm³/mol. The summed E-state index contributed by atoms with van der Waals surface area (Å²) in [6.45, 7) is 8.20. The Morgan fingerprint density at radius 2 is 2.13 bits per heavy atom. The van der Waals surface area contributed by atoms with Gasteiger partial charge >= 0.3 is 0 Å². The summed E-state index contributed by atoms with van der Waals surface area (Å²) in [5.41, 5.74) is 0.885. The van der Waals surface area contributed by atoms with Crippen LogP contribution in [0.25, 0.3) is 5.69 Å². The first-order chi connectivity index (χ1) is 10.7. The van der Waals surface area contributed by atoms with Crippen molar-refractivity contribution in [2.75, 3.05) is 6.54 Å². The van der Waals surface area contributed by atoms with Gasteiger partial charge in [0.15, 0.2) is 5.69 Å². The van der Waals surface area contributed by atoms with Crippen LogP contribution in [0.1, 0.15) is 37.0 Å². The smallest absolute Gasteiger partial charge is 0.289 e. The number of nitro groups is 1. The van der Waals surface area contributed by atoms with Crippen molar-refractivity contribution in [3.05, 3.63) is 40.0 Å². The van der Waals surface area contributed by atoms with E-state index in [1.807, 2.05) is 20.8 Å². The molecule has 2 aromatic heterocycles. The molecule has 2 rings (SSSR count). The van der Waals surface area contributed by atoms with E-state index in [1.54, 1.807) is 6.92 Å². The minimum absolute atomic E-state index is 0.0494. The highest BCUT2D eigenvalue weighted by Crippen LogP contribution is 2.18. The SMILES string of the molecule is Cc1ncc([N+](=O)[O-])cc1-n1cc(C(=O)NCC(C)(C)C)nn1. The summed E-state index contributed by atoms with van der Waals surface area (Å²) in [6.07, 6.45) is 2.60. The van der Waals surface area contributed by atoms with E-state index in [1.165, 1.54) is 23.1 Å². The molecule has 0 aromatic carbocycles. The maximum Gasteiger partial charge on any atom is 0.289 e. The first kappa shape index (κ1) is 16.5. The molecule has 0 aliphatic carbocycles. The monoisotopic (exact) mass is 318 g/mol. The molecule has 1 amide bonds. The van der Waals surface area contributed by atoms with Crippen molar-refractivity contribution in [2.45, 2.75) is 27.7 Å². The lowest BCUT2D eigenvalue weighted by molar-refractivity contribution is -0.385. The van der Waals surface area contributed by atoms with E-state index in [0.717, 1.165) is 0 Å². The number of hydrogen-bond acceptors (Lipinski definition) is 6. The van der Waals surface area contributed by atoms with E-state index >= 15 is 0 Å². The molecule has 2 aromatic rings. The highest BCUT2D eigenvalue weighted by Gasteiger charge is 2.17. The van der Waals surface area contributed by atoms with Crippen LogP contribution in [0, 0.1) is 22.5 Å². The second kappa shape index (κ2) is 6.11. The molecular formula is C14H18N6O3. The summed E-state index contributed by atoms with van der Waals surface area (Å²) in [5.74, 6) is -0.345. The number of nitrogens with zero attached hydrogens (tertiary/aromatic N) is 5. The van der Waals surface area contributed by atoms with Crippen molar-refractivity contribution in [3.8, 4) is 5.69 Å². The van der Waals surface area contributed by atoms with Gasteiger partial charge in [-0.15, -0.1) is 5.10 Å². The molecule has 0 spiro atoms. The van der Waals surface area contributed by atoms with Crippen molar-refractivity contribution in [2.24, 2.45) is 5.41 Å². The van der Waals surface area contributed by atoms with Crippen LogP contribution in [-0.2, 0) is 0 Å². The molecule has 9 heteroatoms. The van der Waals surface area contributed by atoms with Gasteiger partial charge in [0.05, 0.1) is 22.5 Å². The Balaban J connectivity index is 2.24. The standard InChI is InChI=1S/C14H18N6O3/c1-9-12(5-10(6-15-9)20(22)23)19-7-11(17-18-19)13(21)16-8-14(2,3)4/h5-7H,8H2,1-4H3,(H,16,21). The lowest BCUT2D eigenvalue weighted by Crippen LogP contribution is -2.32. The number of nitrogens with one attached hydrogen (secondary N) is 1. The molecule has 2 heterocycles. The highest BCUT2D eigenvalue weighted by molar-refractivity contribution is 5.91. The van der Waals surface area contributed by atoms with Gasteiger partial charge in [0.25, 0.3) is 11.6 Å². The van der Waals surface area contributed by atoms with Crippen LogP contribution >= 0.6 is 0 Å².